The fourth-order valence-electron chi connectivity index (χ4n) is 2.57. The van der Waals surface area contributed by atoms with Crippen LogP contribution in [-0.2, 0) is 14.3 Å². The fourth-order valence-corrected chi connectivity index (χ4v) is 3.55. The van der Waals surface area contributed by atoms with Gasteiger partial charge in [0.2, 0.25) is 5.91 Å². The van der Waals surface area contributed by atoms with E-state index < -0.39 is 23.2 Å². The van der Waals surface area contributed by atoms with Crippen LogP contribution in [0.25, 0.3) is 0 Å². The van der Waals surface area contributed by atoms with Gasteiger partial charge in [-0.1, -0.05) is 22.4 Å². The van der Waals surface area contributed by atoms with Crippen molar-refractivity contribution < 1.29 is 28.2 Å². The number of carbonyl (C=O) groups excluding carboxylic acids is 3. The van der Waals surface area contributed by atoms with Crippen molar-refractivity contribution in [2.75, 3.05) is 10.6 Å². The molecular weight excluding hydrogens is 436 g/mol. The lowest BCUT2D eigenvalue weighted by molar-refractivity contribution is -0.123. The molecular formula is C21H22N4O6S. The van der Waals surface area contributed by atoms with E-state index in [-0.39, 0.29) is 17.3 Å². The number of thioether (sulfide) groups is 1. The number of amides is 2. The smallest absolute Gasteiger partial charge is 0.340 e. The predicted octanol–water partition coefficient (Wildman–Crippen LogP) is 3.58. The highest BCUT2D eigenvalue weighted by Crippen LogP contribution is 2.28. The summed E-state index contributed by atoms with van der Waals surface area (Å²) in [5.74, 6) is 0.114. The number of benzene rings is 1. The van der Waals surface area contributed by atoms with Crippen molar-refractivity contribution in [3.63, 3.8) is 0 Å². The van der Waals surface area contributed by atoms with Gasteiger partial charge in [0.1, 0.15) is 11.5 Å². The number of hydrogen-bond donors (Lipinski definition) is 2. The molecule has 0 bridgehead atoms. The number of ether oxygens (including phenoxy) is 1. The first-order valence-corrected chi connectivity index (χ1v) is 10.6. The van der Waals surface area contributed by atoms with Gasteiger partial charge in [-0.25, -0.2) is 4.79 Å². The van der Waals surface area contributed by atoms with Crippen LogP contribution in [-0.4, -0.2) is 39.5 Å². The summed E-state index contributed by atoms with van der Waals surface area (Å²) in [5.41, 5.74) is 0.242. The molecule has 0 fully saturated rings. The van der Waals surface area contributed by atoms with Crippen molar-refractivity contribution in [3.05, 3.63) is 53.5 Å². The molecule has 2 N–H and O–H groups in total. The van der Waals surface area contributed by atoms with Crippen LogP contribution in [0.2, 0.25) is 0 Å². The van der Waals surface area contributed by atoms with Gasteiger partial charge in [-0.15, -0.1) is 11.8 Å². The van der Waals surface area contributed by atoms with E-state index in [0.29, 0.717) is 22.2 Å². The van der Waals surface area contributed by atoms with Crippen LogP contribution in [0, 0.1) is 13.8 Å². The minimum Gasteiger partial charge on any atom is -0.449 e. The number of carbonyl (C=O) groups is 3. The minimum absolute atomic E-state index is 0.230. The maximum Gasteiger partial charge on any atom is 0.340 e. The van der Waals surface area contributed by atoms with Crippen molar-refractivity contribution in [1.29, 1.82) is 0 Å². The van der Waals surface area contributed by atoms with Gasteiger partial charge in [-0.05, 0) is 39.8 Å². The van der Waals surface area contributed by atoms with Crippen molar-refractivity contribution in [3.8, 4) is 0 Å². The zero-order chi connectivity index (χ0) is 23.3. The summed E-state index contributed by atoms with van der Waals surface area (Å²) in [7, 11) is 0. The molecule has 32 heavy (non-hydrogen) atoms. The molecule has 2 amide bonds. The summed E-state index contributed by atoms with van der Waals surface area (Å²) in [6.45, 7) is 6.56. The van der Waals surface area contributed by atoms with E-state index in [2.05, 4.69) is 20.9 Å². The molecule has 0 radical (unpaired) electrons. The quantitative estimate of drug-likeness (QED) is 0.383. The Morgan fingerprint density at radius 3 is 2.06 bits per heavy atom. The van der Waals surface area contributed by atoms with Crippen LogP contribution in [0.4, 0.5) is 11.6 Å². The van der Waals surface area contributed by atoms with E-state index in [9.17, 15) is 14.4 Å². The maximum absolute atomic E-state index is 12.7. The zero-order valence-electron chi connectivity index (χ0n) is 17.9. The number of rotatable bonds is 8. The van der Waals surface area contributed by atoms with Crippen LogP contribution in [0.5, 0.6) is 0 Å². The molecule has 1 aromatic carbocycles. The molecule has 2 aromatic heterocycles. The van der Waals surface area contributed by atoms with Crippen LogP contribution in [0.15, 0.2) is 50.3 Å². The second kappa shape index (κ2) is 10.1. The SMILES string of the molecule is Cc1cc(NC(=O)[C@H](C)OC(=O)c2ccccc2S[C@H](C)C(=O)Nc2cc(C)on2)no1. The molecule has 0 spiro atoms. The molecule has 10 nitrogen and oxygen atoms in total. The Morgan fingerprint density at radius 1 is 0.938 bits per heavy atom. The number of aromatic nitrogens is 2. The van der Waals surface area contributed by atoms with Gasteiger partial charge >= 0.3 is 5.97 Å². The van der Waals surface area contributed by atoms with Crippen molar-refractivity contribution in [2.45, 2.75) is 43.9 Å². The summed E-state index contributed by atoms with van der Waals surface area (Å²) in [6, 6.07) is 9.84. The Morgan fingerprint density at radius 2 is 1.50 bits per heavy atom. The van der Waals surface area contributed by atoms with Crippen molar-refractivity contribution in [2.24, 2.45) is 0 Å². The van der Waals surface area contributed by atoms with Gasteiger partial charge in [0.25, 0.3) is 5.91 Å². The van der Waals surface area contributed by atoms with Gasteiger partial charge < -0.3 is 24.4 Å². The summed E-state index contributed by atoms with van der Waals surface area (Å²) in [5, 5.41) is 12.0. The van der Waals surface area contributed by atoms with E-state index in [1.54, 1.807) is 57.2 Å². The normalized spacial score (nSPS) is 12.6. The third-order valence-electron chi connectivity index (χ3n) is 4.19. The first kappa shape index (κ1) is 23.1. The van der Waals surface area contributed by atoms with E-state index in [0.717, 1.165) is 0 Å². The maximum atomic E-state index is 12.7. The predicted molar refractivity (Wildman–Crippen MR) is 116 cm³/mol. The van der Waals surface area contributed by atoms with Crippen LogP contribution in [0.1, 0.15) is 35.7 Å². The van der Waals surface area contributed by atoms with E-state index in [1.165, 1.54) is 18.7 Å². The Bertz CT molecular complexity index is 1120. The largest absolute Gasteiger partial charge is 0.449 e. The van der Waals surface area contributed by atoms with Crippen molar-refractivity contribution >= 4 is 41.2 Å². The van der Waals surface area contributed by atoms with Gasteiger partial charge in [0.05, 0.1) is 10.8 Å². The molecule has 0 aliphatic rings. The summed E-state index contributed by atoms with van der Waals surface area (Å²) >= 11 is 1.18. The molecule has 0 aliphatic heterocycles. The molecule has 2 atom stereocenters. The topological polar surface area (TPSA) is 137 Å². The lowest BCUT2D eigenvalue weighted by Crippen LogP contribution is -2.30. The summed E-state index contributed by atoms with van der Waals surface area (Å²) < 4.78 is 15.1. The van der Waals surface area contributed by atoms with E-state index >= 15 is 0 Å². The van der Waals surface area contributed by atoms with Gasteiger partial charge in [0, 0.05) is 17.0 Å². The number of hydrogen-bond acceptors (Lipinski definition) is 9. The average Bonchev–Trinajstić information content (AvgIpc) is 3.35. The Labute approximate surface area is 188 Å². The fraction of sp³-hybridized carbons (Fsp3) is 0.286. The van der Waals surface area contributed by atoms with Crippen LogP contribution in [0.3, 0.4) is 0 Å². The molecule has 0 saturated heterocycles. The standard InChI is InChI=1S/C21H22N4O6S/c1-11-9-17(24-30-11)22-19(26)13(3)29-21(28)15-7-5-6-8-16(15)32-14(4)20(27)23-18-10-12(2)31-25-18/h5-10,13-14H,1-4H3,(H,22,24,26)(H,23,25,27)/t13-,14+/m0/s1. The first-order valence-electron chi connectivity index (χ1n) is 9.68. The van der Waals surface area contributed by atoms with E-state index in [1.807, 2.05) is 0 Å². The molecule has 3 rings (SSSR count). The number of nitrogens with zero attached hydrogens (tertiary/aromatic N) is 2. The highest BCUT2D eigenvalue weighted by Gasteiger charge is 2.24. The molecule has 0 aliphatic carbocycles. The highest BCUT2D eigenvalue weighted by molar-refractivity contribution is 8.00. The zero-order valence-corrected chi connectivity index (χ0v) is 18.7. The first-order chi connectivity index (χ1) is 15.2. The number of anilines is 2. The second-order valence-corrected chi connectivity index (χ2v) is 8.31. The van der Waals surface area contributed by atoms with Gasteiger partial charge in [-0.3, -0.25) is 9.59 Å². The lowest BCUT2D eigenvalue weighted by atomic mass is 10.2. The minimum atomic E-state index is -1.08. The number of aryl methyl sites for hydroxylation is 2. The highest BCUT2D eigenvalue weighted by atomic mass is 32.2. The Hall–Kier alpha value is -3.60. The van der Waals surface area contributed by atoms with Crippen molar-refractivity contribution in [1.82, 2.24) is 10.3 Å². The lowest BCUT2D eigenvalue weighted by Gasteiger charge is -2.16. The third kappa shape index (κ3) is 5.97. The summed E-state index contributed by atoms with van der Waals surface area (Å²) in [6.07, 6.45) is -1.08. The molecule has 0 saturated carbocycles. The Kier molecular flexibility index (Phi) is 7.31. The van der Waals surface area contributed by atoms with E-state index in [4.69, 9.17) is 13.8 Å². The molecule has 0 unspecified atom stereocenters. The molecule has 11 heteroatoms. The molecule has 3 aromatic rings. The van der Waals surface area contributed by atoms with Crippen LogP contribution < -0.4 is 10.6 Å². The molecule has 2 heterocycles. The second-order valence-electron chi connectivity index (χ2n) is 6.93. The van der Waals surface area contributed by atoms with Gasteiger partial charge in [-0.2, -0.15) is 0 Å². The number of nitrogens with one attached hydrogen (secondary N) is 2. The Balaban J connectivity index is 1.62. The molecule has 168 valence electrons. The van der Waals surface area contributed by atoms with Crippen LogP contribution >= 0.6 is 11.8 Å². The van der Waals surface area contributed by atoms with Gasteiger partial charge in [0.15, 0.2) is 17.7 Å². The summed E-state index contributed by atoms with van der Waals surface area (Å²) in [4.78, 5) is 38.0. The monoisotopic (exact) mass is 458 g/mol. The average molecular weight is 458 g/mol. The third-order valence-corrected chi connectivity index (χ3v) is 5.37. The number of esters is 1.